The number of hydrogen-bond donors (Lipinski definition) is 1. The first kappa shape index (κ1) is 15.5. The molecule has 23 heavy (non-hydrogen) atoms. The molecule has 0 radical (unpaired) electrons. The van der Waals surface area contributed by atoms with E-state index in [2.05, 4.69) is 11.1 Å². The van der Waals surface area contributed by atoms with E-state index in [1.54, 1.807) is 17.5 Å². The fraction of sp³-hybridized carbons (Fsp3) is 0.222. The van der Waals surface area contributed by atoms with E-state index in [9.17, 15) is 9.59 Å². The number of rotatable bonds is 7. The molecule has 3 rings (SSSR count). The van der Waals surface area contributed by atoms with E-state index in [0.29, 0.717) is 12.0 Å². The van der Waals surface area contributed by atoms with Gasteiger partial charge in [-0.1, -0.05) is 24.3 Å². The van der Waals surface area contributed by atoms with Crippen molar-refractivity contribution >= 4 is 34.0 Å². The lowest BCUT2D eigenvalue weighted by Crippen LogP contribution is -2.13. The molecule has 0 bridgehead atoms. The van der Waals surface area contributed by atoms with E-state index >= 15 is 0 Å². The molecule has 1 N–H and O–H groups in total. The zero-order chi connectivity index (χ0) is 16.1. The van der Waals surface area contributed by atoms with Crippen LogP contribution in [0.3, 0.4) is 0 Å². The monoisotopic (exact) mass is 327 g/mol. The molecule has 0 aliphatic carbocycles. The van der Waals surface area contributed by atoms with Crippen molar-refractivity contribution in [1.29, 1.82) is 0 Å². The van der Waals surface area contributed by atoms with Gasteiger partial charge in [-0.25, -0.2) is 0 Å². The van der Waals surface area contributed by atoms with Crippen molar-refractivity contribution in [2.24, 2.45) is 0 Å². The number of Topliss-reactive ketones (excluding diaryl/α,β-unsaturated/α-hetero) is 1. The minimum Gasteiger partial charge on any atom is -0.457 e. The van der Waals surface area contributed by atoms with Crippen LogP contribution >= 0.6 is 11.3 Å². The maximum atomic E-state index is 12.2. The summed E-state index contributed by atoms with van der Waals surface area (Å²) in [5.74, 6) is -0.510. The van der Waals surface area contributed by atoms with E-state index in [-0.39, 0.29) is 18.4 Å². The molecule has 2 aromatic heterocycles. The maximum absolute atomic E-state index is 12.2. The van der Waals surface area contributed by atoms with Crippen LogP contribution in [0, 0.1) is 0 Å². The lowest BCUT2D eigenvalue weighted by atomic mass is 10.1. The highest BCUT2D eigenvalue weighted by atomic mass is 32.1. The summed E-state index contributed by atoms with van der Waals surface area (Å²) in [6.45, 7) is -0.209. The van der Waals surface area contributed by atoms with Crippen LogP contribution in [0.15, 0.2) is 48.0 Å². The molecule has 0 saturated carbocycles. The first-order chi connectivity index (χ1) is 11.2. The van der Waals surface area contributed by atoms with Gasteiger partial charge in [-0.2, -0.15) is 0 Å². The molecule has 3 aromatic rings. The molecule has 1 aromatic carbocycles. The standard InChI is InChI=1S/C18H17NO3S/c20-17(15-11-19-16-8-2-1-7-14(15)16)12-22-18(21)9-3-5-13-6-4-10-23-13/h1-2,4,6-8,10-11,19H,3,5,9,12H2. The quantitative estimate of drug-likeness (QED) is 0.527. The second-order valence-corrected chi connectivity index (χ2v) is 6.30. The van der Waals surface area contributed by atoms with Gasteiger partial charge in [-0.15, -0.1) is 11.3 Å². The summed E-state index contributed by atoms with van der Waals surface area (Å²) in [4.78, 5) is 28.2. The Morgan fingerprint density at radius 3 is 2.83 bits per heavy atom. The summed E-state index contributed by atoms with van der Waals surface area (Å²) < 4.78 is 5.10. The Morgan fingerprint density at radius 2 is 2.00 bits per heavy atom. The zero-order valence-corrected chi connectivity index (χ0v) is 13.4. The van der Waals surface area contributed by atoms with Crippen LogP contribution in [0.5, 0.6) is 0 Å². The first-order valence-corrected chi connectivity index (χ1v) is 8.39. The van der Waals surface area contributed by atoms with E-state index in [1.807, 2.05) is 35.7 Å². The number of H-pyrrole nitrogens is 1. The number of aromatic amines is 1. The van der Waals surface area contributed by atoms with Crippen LogP contribution in [0.1, 0.15) is 28.1 Å². The number of carbonyl (C=O) groups excluding carboxylic acids is 2. The van der Waals surface area contributed by atoms with Gasteiger partial charge in [0.25, 0.3) is 0 Å². The number of para-hydroxylation sites is 1. The van der Waals surface area contributed by atoms with Gasteiger partial charge in [-0.3, -0.25) is 9.59 Å². The molecule has 0 atom stereocenters. The molecule has 0 unspecified atom stereocenters. The third-order valence-corrected chi connectivity index (χ3v) is 4.57. The maximum Gasteiger partial charge on any atom is 0.306 e. The molecule has 0 fully saturated rings. The smallest absolute Gasteiger partial charge is 0.306 e. The Labute approximate surface area is 138 Å². The SMILES string of the molecule is O=C(CCCc1cccs1)OCC(=O)c1c[nH]c2ccccc12. The highest BCUT2D eigenvalue weighted by Gasteiger charge is 2.14. The first-order valence-electron chi connectivity index (χ1n) is 7.51. The number of aryl methyl sites for hydroxylation is 1. The molecule has 0 spiro atoms. The zero-order valence-electron chi connectivity index (χ0n) is 12.6. The fourth-order valence-corrected chi connectivity index (χ4v) is 3.21. The highest BCUT2D eigenvalue weighted by molar-refractivity contribution is 7.09. The molecule has 0 saturated heterocycles. The highest BCUT2D eigenvalue weighted by Crippen LogP contribution is 2.18. The van der Waals surface area contributed by atoms with Gasteiger partial charge in [0.15, 0.2) is 6.61 Å². The average molecular weight is 327 g/mol. The van der Waals surface area contributed by atoms with E-state index in [1.165, 1.54) is 4.88 Å². The Balaban J connectivity index is 1.47. The summed E-state index contributed by atoms with van der Waals surface area (Å²) >= 11 is 1.68. The number of aromatic nitrogens is 1. The van der Waals surface area contributed by atoms with Gasteiger partial charge in [0.1, 0.15) is 0 Å². The third kappa shape index (κ3) is 3.87. The van der Waals surface area contributed by atoms with Crippen LogP contribution < -0.4 is 0 Å². The molecule has 2 heterocycles. The van der Waals surface area contributed by atoms with Crippen molar-refractivity contribution in [3.8, 4) is 0 Å². The summed E-state index contributed by atoms with van der Waals surface area (Å²) in [6, 6.07) is 11.6. The number of ether oxygens (including phenoxy) is 1. The second-order valence-electron chi connectivity index (χ2n) is 5.26. The number of esters is 1. The van der Waals surface area contributed by atoms with Crippen molar-refractivity contribution in [1.82, 2.24) is 4.98 Å². The third-order valence-electron chi connectivity index (χ3n) is 3.64. The summed E-state index contributed by atoms with van der Waals surface area (Å²) in [5.41, 5.74) is 1.46. The molecule has 0 aliphatic heterocycles. The van der Waals surface area contributed by atoms with E-state index in [4.69, 9.17) is 4.74 Å². The Morgan fingerprint density at radius 1 is 1.13 bits per heavy atom. The number of thiophene rings is 1. The molecular formula is C18H17NO3S. The van der Waals surface area contributed by atoms with Gasteiger partial charge in [0.05, 0.1) is 0 Å². The number of hydrogen-bond acceptors (Lipinski definition) is 4. The predicted octanol–water partition coefficient (Wildman–Crippen LogP) is 3.98. The van der Waals surface area contributed by atoms with Crippen LogP contribution in [0.4, 0.5) is 0 Å². The number of fused-ring (bicyclic) bond motifs is 1. The van der Waals surface area contributed by atoms with Crippen molar-refractivity contribution < 1.29 is 14.3 Å². The Kier molecular flexibility index (Phi) is 4.88. The van der Waals surface area contributed by atoms with Gasteiger partial charge in [-0.05, 0) is 30.4 Å². The second kappa shape index (κ2) is 7.24. The molecule has 0 amide bonds. The lowest BCUT2D eigenvalue weighted by Gasteiger charge is -2.03. The normalized spacial score (nSPS) is 10.8. The topological polar surface area (TPSA) is 59.2 Å². The van der Waals surface area contributed by atoms with Gasteiger partial charge in [0.2, 0.25) is 5.78 Å². The lowest BCUT2D eigenvalue weighted by molar-refractivity contribution is -0.142. The number of nitrogens with one attached hydrogen (secondary N) is 1. The predicted molar refractivity (Wildman–Crippen MR) is 90.8 cm³/mol. The Bertz CT molecular complexity index is 805. The van der Waals surface area contributed by atoms with Crippen molar-refractivity contribution in [3.05, 3.63) is 58.4 Å². The Hall–Kier alpha value is -2.40. The number of ketones is 1. The largest absolute Gasteiger partial charge is 0.457 e. The summed E-state index contributed by atoms with van der Waals surface area (Å²) in [6.07, 6.45) is 3.60. The van der Waals surface area contributed by atoms with Crippen LogP contribution in [0.2, 0.25) is 0 Å². The minimum atomic E-state index is -0.324. The fourth-order valence-electron chi connectivity index (χ4n) is 2.46. The van der Waals surface area contributed by atoms with Crippen LogP contribution in [-0.4, -0.2) is 23.3 Å². The van der Waals surface area contributed by atoms with Gasteiger partial charge < -0.3 is 9.72 Å². The van der Waals surface area contributed by atoms with Crippen molar-refractivity contribution in [2.45, 2.75) is 19.3 Å². The van der Waals surface area contributed by atoms with E-state index in [0.717, 1.165) is 23.7 Å². The molecule has 0 aliphatic rings. The molecular weight excluding hydrogens is 310 g/mol. The summed E-state index contributed by atoms with van der Waals surface area (Å²) in [5, 5.41) is 2.87. The van der Waals surface area contributed by atoms with Crippen LogP contribution in [0.25, 0.3) is 10.9 Å². The van der Waals surface area contributed by atoms with Crippen LogP contribution in [-0.2, 0) is 16.0 Å². The molecule has 4 nitrogen and oxygen atoms in total. The van der Waals surface area contributed by atoms with Crippen molar-refractivity contribution in [3.63, 3.8) is 0 Å². The number of benzene rings is 1. The number of carbonyl (C=O) groups is 2. The van der Waals surface area contributed by atoms with E-state index < -0.39 is 0 Å². The molecule has 5 heteroatoms. The van der Waals surface area contributed by atoms with Crippen molar-refractivity contribution in [2.75, 3.05) is 6.61 Å². The summed E-state index contributed by atoms with van der Waals surface area (Å²) in [7, 11) is 0. The molecule has 118 valence electrons. The van der Waals surface area contributed by atoms with Gasteiger partial charge >= 0.3 is 5.97 Å². The average Bonchev–Trinajstić information content (AvgIpc) is 3.22. The van der Waals surface area contributed by atoms with Gasteiger partial charge in [0, 0.05) is 34.0 Å². The minimum absolute atomic E-state index is 0.186.